The molecule has 0 saturated carbocycles. The van der Waals surface area contributed by atoms with Crippen LogP contribution in [-0.2, 0) is 20.1 Å². The van der Waals surface area contributed by atoms with E-state index in [9.17, 15) is 4.79 Å². The zero-order chi connectivity index (χ0) is 13.8. The Kier molecular flexibility index (Phi) is 3.98. The van der Waals surface area contributed by atoms with Crippen LogP contribution in [0.25, 0.3) is 0 Å². The molecule has 0 saturated heterocycles. The van der Waals surface area contributed by atoms with Crippen molar-refractivity contribution in [2.75, 3.05) is 7.05 Å². The highest BCUT2D eigenvalue weighted by Crippen LogP contribution is 2.11. The molecule has 3 N–H and O–H groups in total. The maximum atomic E-state index is 11.3. The van der Waals surface area contributed by atoms with Crippen LogP contribution < -0.4 is 11.3 Å². The minimum Gasteiger partial charge on any atom is -0.467 e. The number of hydrogen-bond donors (Lipinski definition) is 2. The minimum atomic E-state index is -0.357. The van der Waals surface area contributed by atoms with E-state index in [1.807, 2.05) is 26.5 Å². The third-order valence-corrected chi connectivity index (χ3v) is 2.68. The molecule has 102 valence electrons. The van der Waals surface area contributed by atoms with Gasteiger partial charge in [-0.05, 0) is 13.1 Å². The van der Waals surface area contributed by atoms with Crippen molar-refractivity contribution in [2.45, 2.75) is 13.1 Å². The summed E-state index contributed by atoms with van der Waals surface area (Å²) >= 11 is 0. The number of nitrogen functional groups attached to an aromatic ring is 1. The van der Waals surface area contributed by atoms with Crippen LogP contribution in [-0.4, -0.2) is 27.6 Å². The van der Waals surface area contributed by atoms with Gasteiger partial charge in [-0.3, -0.25) is 19.8 Å². The van der Waals surface area contributed by atoms with E-state index in [4.69, 9.17) is 10.3 Å². The maximum Gasteiger partial charge on any atom is 0.268 e. The Hall–Kier alpha value is -2.12. The predicted molar refractivity (Wildman–Crippen MR) is 68.7 cm³/mol. The monoisotopic (exact) mass is 263 g/mol. The van der Waals surface area contributed by atoms with E-state index in [1.165, 1.54) is 6.26 Å². The lowest BCUT2D eigenvalue weighted by molar-refractivity contribution is 0.0953. The Morgan fingerprint density at radius 3 is 3.00 bits per heavy atom. The average Bonchev–Trinajstić information content (AvgIpc) is 2.98. The number of nitrogens with one attached hydrogen (secondary N) is 1. The van der Waals surface area contributed by atoms with Crippen LogP contribution in [0.3, 0.4) is 0 Å². The molecule has 0 atom stereocenters. The Morgan fingerprint density at radius 1 is 1.58 bits per heavy atom. The molecule has 0 aliphatic heterocycles. The number of carbonyl (C=O) groups excluding carboxylic acids is 1. The van der Waals surface area contributed by atoms with Gasteiger partial charge in [0, 0.05) is 25.4 Å². The van der Waals surface area contributed by atoms with Gasteiger partial charge in [0.15, 0.2) is 0 Å². The first kappa shape index (κ1) is 13.3. The van der Waals surface area contributed by atoms with Crippen LogP contribution in [0.1, 0.15) is 21.7 Å². The van der Waals surface area contributed by atoms with Crippen molar-refractivity contribution in [3.8, 4) is 0 Å². The molecule has 0 aromatic carbocycles. The van der Waals surface area contributed by atoms with Crippen LogP contribution in [0, 0.1) is 0 Å². The lowest BCUT2D eigenvalue weighted by atomic mass is 10.3. The van der Waals surface area contributed by atoms with Crippen molar-refractivity contribution in [3.05, 3.63) is 41.6 Å². The topological polar surface area (TPSA) is 89.3 Å². The molecule has 1 amide bonds. The summed E-state index contributed by atoms with van der Waals surface area (Å²) in [5.41, 5.74) is 3.61. The molecule has 0 unspecified atom stereocenters. The lowest BCUT2D eigenvalue weighted by Gasteiger charge is -2.13. The van der Waals surface area contributed by atoms with Gasteiger partial charge in [-0.15, -0.1) is 0 Å². The first-order valence-corrected chi connectivity index (χ1v) is 5.83. The Bertz CT molecular complexity index is 560. The zero-order valence-corrected chi connectivity index (χ0v) is 11.0. The van der Waals surface area contributed by atoms with Crippen molar-refractivity contribution >= 4 is 5.91 Å². The molecule has 0 spiro atoms. The quantitative estimate of drug-likeness (QED) is 0.458. The van der Waals surface area contributed by atoms with Crippen LogP contribution in [0.15, 0.2) is 29.1 Å². The second-order valence-electron chi connectivity index (χ2n) is 4.47. The molecule has 7 heteroatoms. The number of aromatic nitrogens is 2. The molecule has 0 aliphatic carbocycles. The molecule has 7 nitrogen and oxygen atoms in total. The van der Waals surface area contributed by atoms with Gasteiger partial charge in [0.05, 0.1) is 18.3 Å². The lowest BCUT2D eigenvalue weighted by Crippen LogP contribution is -2.29. The molecular formula is C12H17N5O2. The Morgan fingerprint density at radius 2 is 2.37 bits per heavy atom. The van der Waals surface area contributed by atoms with E-state index in [-0.39, 0.29) is 5.91 Å². The summed E-state index contributed by atoms with van der Waals surface area (Å²) in [6, 6.07) is 1.68. The van der Waals surface area contributed by atoms with Crippen molar-refractivity contribution in [3.63, 3.8) is 0 Å². The molecule has 0 radical (unpaired) electrons. The van der Waals surface area contributed by atoms with Crippen molar-refractivity contribution in [1.82, 2.24) is 20.1 Å². The number of nitrogens with two attached hydrogens (primary N) is 1. The second-order valence-corrected chi connectivity index (χ2v) is 4.47. The fourth-order valence-corrected chi connectivity index (χ4v) is 1.85. The molecule has 2 heterocycles. The smallest absolute Gasteiger partial charge is 0.268 e. The fraction of sp³-hybridized carbons (Fsp3) is 0.333. The number of amides is 1. The first-order chi connectivity index (χ1) is 9.08. The molecule has 2 aromatic heterocycles. The van der Waals surface area contributed by atoms with E-state index in [2.05, 4.69) is 15.4 Å². The van der Waals surface area contributed by atoms with Gasteiger partial charge in [-0.25, -0.2) is 5.84 Å². The van der Waals surface area contributed by atoms with Gasteiger partial charge < -0.3 is 4.42 Å². The largest absolute Gasteiger partial charge is 0.467 e. The average molecular weight is 263 g/mol. The van der Waals surface area contributed by atoms with Crippen LogP contribution in [0.2, 0.25) is 0 Å². The Balaban J connectivity index is 1.93. The highest BCUT2D eigenvalue weighted by Gasteiger charge is 2.11. The summed E-state index contributed by atoms with van der Waals surface area (Å²) in [6.07, 6.45) is 5.19. The molecule has 2 aromatic rings. The SMILES string of the molecule is CN(Cc1cnn(C)c1)Cc1cc(C(=O)NN)co1. The van der Waals surface area contributed by atoms with Gasteiger partial charge in [-0.1, -0.05) is 0 Å². The first-order valence-electron chi connectivity index (χ1n) is 5.83. The summed E-state index contributed by atoms with van der Waals surface area (Å²) in [6.45, 7) is 1.36. The third kappa shape index (κ3) is 3.43. The van der Waals surface area contributed by atoms with Gasteiger partial charge in [0.1, 0.15) is 12.0 Å². The van der Waals surface area contributed by atoms with E-state index < -0.39 is 0 Å². The standard InChI is InChI=1S/C12H17N5O2/c1-16(5-9-4-14-17(2)6-9)7-11-3-10(8-19-11)12(18)15-13/h3-4,6,8H,5,7,13H2,1-2H3,(H,15,18). The van der Waals surface area contributed by atoms with E-state index in [0.717, 1.165) is 12.1 Å². The highest BCUT2D eigenvalue weighted by molar-refractivity contribution is 5.93. The van der Waals surface area contributed by atoms with Gasteiger partial charge in [0.25, 0.3) is 5.91 Å². The summed E-state index contributed by atoms with van der Waals surface area (Å²) in [5.74, 6) is 5.41. The second kappa shape index (κ2) is 5.68. The number of hydrogen-bond acceptors (Lipinski definition) is 5. The van der Waals surface area contributed by atoms with Gasteiger partial charge in [0.2, 0.25) is 0 Å². The van der Waals surface area contributed by atoms with Crippen LogP contribution in [0.5, 0.6) is 0 Å². The van der Waals surface area contributed by atoms with Gasteiger partial charge in [-0.2, -0.15) is 5.10 Å². The van der Waals surface area contributed by atoms with Crippen molar-refractivity contribution in [1.29, 1.82) is 0 Å². The molecule has 19 heavy (non-hydrogen) atoms. The number of furan rings is 1. The van der Waals surface area contributed by atoms with E-state index >= 15 is 0 Å². The molecule has 2 rings (SSSR count). The number of aryl methyl sites for hydroxylation is 1. The number of rotatable bonds is 5. The summed E-state index contributed by atoms with van der Waals surface area (Å²) < 4.78 is 7.09. The molecule has 0 bridgehead atoms. The number of nitrogens with zero attached hydrogens (tertiary/aromatic N) is 3. The molecular weight excluding hydrogens is 246 g/mol. The van der Waals surface area contributed by atoms with Crippen molar-refractivity contribution in [2.24, 2.45) is 12.9 Å². The molecule has 0 aliphatic rings. The van der Waals surface area contributed by atoms with Crippen molar-refractivity contribution < 1.29 is 9.21 Å². The normalized spacial score (nSPS) is 10.9. The summed E-state index contributed by atoms with van der Waals surface area (Å²) in [4.78, 5) is 13.4. The van der Waals surface area contributed by atoms with E-state index in [1.54, 1.807) is 10.7 Å². The van der Waals surface area contributed by atoms with Crippen LogP contribution in [0.4, 0.5) is 0 Å². The Labute approximate surface area is 110 Å². The third-order valence-electron chi connectivity index (χ3n) is 2.68. The highest BCUT2D eigenvalue weighted by atomic mass is 16.3. The summed E-state index contributed by atoms with van der Waals surface area (Å²) in [5, 5.41) is 4.11. The van der Waals surface area contributed by atoms with Crippen LogP contribution >= 0.6 is 0 Å². The summed E-state index contributed by atoms with van der Waals surface area (Å²) in [7, 11) is 3.85. The fourth-order valence-electron chi connectivity index (χ4n) is 1.85. The maximum absolute atomic E-state index is 11.3. The number of hydrazine groups is 1. The zero-order valence-electron chi connectivity index (χ0n) is 11.0. The molecule has 0 fully saturated rings. The van der Waals surface area contributed by atoms with Gasteiger partial charge >= 0.3 is 0 Å². The number of carbonyl (C=O) groups is 1. The minimum absolute atomic E-state index is 0.357. The predicted octanol–water partition coefficient (Wildman–Crippen LogP) is 0.249. The van der Waals surface area contributed by atoms with E-state index in [0.29, 0.717) is 17.9 Å².